The van der Waals surface area contributed by atoms with E-state index < -0.39 is 16.4 Å². The van der Waals surface area contributed by atoms with Crippen molar-refractivity contribution in [3.63, 3.8) is 0 Å². The highest BCUT2D eigenvalue weighted by atomic mass is 19.1. The highest BCUT2D eigenvalue weighted by molar-refractivity contribution is 5.37. The van der Waals surface area contributed by atoms with Crippen molar-refractivity contribution in [3.8, 4) is 5.75 Å². The van der Waals surface area contributed by atoms with Gasteiger partial charge in [0.05, 0.1) is 11.2 Å². The Kier molecular flexibility index (Phi) is 3.04. The smallest absolute Gasteiger partial charge is 0.305 e. The molecule has 2 aromatic rings. The molecule has 1 heterocycles. The van der Waals surface area contributed by atoms with E-state index in [1.807, 2.05) is 0 Å². The molecule has 0 unspecified atom stereocenters. The van der Waals surface area contributed by atoms with Gasteiger partial charge in [0.15, 0.2) is 0 Å². The molecule has 0 N–H and O–H groups in total. The zero-order valence-corrected chi connectivity index (χ0v) is 8.63. The molecule has 17 heavy (non-hydrogen) atoms. The summed E-state index contributed by atoms with van der Waals surface area (Å²) in [6.07, 6.45) is 1.50. The lowest BCUT2D eigenvalue weighted by molar-refractivity contribution is -0.387. The maximum atomic E-state index is 13.2. The molecule has 5 nitrogen and oxygen atoms in total. The van der Waals surface area contributed by atoms with Gasteiger partial charge in [0.2, 0.25) is 5.82 Å². The second-order valence-corrected chi connectivity index (χ2v) is 3.24. The minimum Gasteiger partial charge on any atom is -0.486 e. The van der Waals surface area contributed by atoms with E-state index in [0.717, 1.165) is 12.1 Å². The molecule has 0 bridgehead atoms. The Morgan fingerprint density at radius 2 is 2.24 bits per heavy atom. The number of benzene rings is 1. The molecule has 0 aliphatic heterocycles. The van der Waals surface area contributed by atoms with Crippen molar-refractivity contribution in [3.05, 3.63) is 58.3 Å². The van der Waals surface area contributed by atoms with Gasteiger partial charge in [0, 0.05) is 12.1 Å². The van der Waals surface area contributed by atoms with Crippen LogP contribution in [0.3, 0.4) is 0 Å². The summed E-state index contributed by atoms with van der Waals surface area (Å²) in [5.41, 5.74) is -0.574. The van der Waals surface area contributed by atoms with Crippen molar-refractivity contribution in [1.82, 2.24) is 0 Å². The first-order valence-electron chi connectivity index (χ1n) is 4.76. The standard InChI is InChI=1S/C11H8FNO4/c12-10-6-8(3-4-11(10)13(14)15)17-7-9-2-1-5-16-9/h1-6H,7H2. The predicted molar refractivity (Wildman–Crippen MR) is 56.1 cm³/mol. The van der Waals surface area contributed by atoms with Crippen LogP contribution in [0.2, 0.25) is 0 Å². The second-order valence-electron chi connectivity index (χ2n) is 3.24. The molecule has 1 aromatic heterocycles. The molecular formula is C11H8FNO4. The summed E-state index contributed by atoms with van der Waals surface area (Å²) < 4.78 is 23.5. The Labute approximate surface area is 95.6 Å². The Morgan fingerprint density at radius 1 is 1.41 bits per heavy atom. The maximum absolute atomic E-state index is 13.2. The molecule has 0 radical (unpaired) electrons. The van der Waals surface area contributed by atoms with Crippen molar-refractivity contribution in [2.45, 2.75) is 6.61 Å². The fraction of sp³-hybridized carbons (Fsp3) is 0.0909. The third kappa shape index (κ3) is 2.60. The van der Waals surface area contributed by atoms with Gasteiger partial charge in [-0.15, -0.1) is 0 Å². The van der Waals surface area contributed by atoms with Crippen LogP contribution in [-0.2, 0) is 6.61 Å². The van der Waals surface area contributed by atoms with E-state index in [-0.39, 0.29) is 12.4 Å². The third-order valence-corrected chi connectivity index (χ3v) is 2.08. The number of furan rings is 1. The van der Waals surface area contributed by atoms with Crippen LogP contribution in [-0.4, -0.2) is 4.92 Å². The van der Waals surface area contributed by atoms with E-state index in [2.05, 4.69) is 0 Å². The zero-order valence-electron chi connectivity index (χ0n) is 8.63. The third-order valence-electron chi connectivity index (χ3n) is 2.08. The molecule has 0 amide bonds. The SMILES string of the molecule is O=[N+]([O-])c1ccc(OCc2ccco2)cc1F. The first-order chi connectivity index (χ1) is 8.16. The van der Waals surface area contributed by atoms with Crippen LogP contribution in [0.25, 0.3) is 0 Å². The number of hydrogen-bond donors (Lipinski definition) is 0. The minimum atomic E-state index is -0.924. The second kappa shape index (κ2) is 4.65. The first-order valence-corrected chi connectivity index (χ1v) is 4.76. The van der Waals surface area contributed by atoms with Crippen molar-refractivity contribution in [2.75, 3.05) is 0 Å². The van der Waals surface area contributed by atoms with Gasteiger partial charge in [-0.05, 0) is 18.2 Å². The van der Waals surface area contributed by atoms with Crippen molar-refractivity contribution in [2.24, 2.45) is 0 Å². The van der Waals surface area contributed by atoms with Gasteiger partial charge in [-0.2, -0.15) is 4.39 Å². The molecule has 0 saturated carbocycles. The molecule has 0 fully saturated rings. The Hall–Kier alpha value is -2.37. The van der Waals surface area contributed by atoms with E-state index in [1.165, 1.54) is 12.3 Å². The predicted octanol–water partition coefficient (Wildman–Crippen LogP) is 2.91. The molecule has 0 aliphatic carbocycles. The van der Waals surface area contributed by atoms with Crippen LogP contribution < -0.4 is 4.74 Å². The van der Waals surface area contributed by atoms with Gasteiger partial charge in [-0.3, -0.25) is 10.1 Å². The summed E-state index contributed by atoms with van der Waals surface area (Å²) in [6.45, 7) is 0.143. The monoisotopic (exact) mass is 237 g/mol. The van der Waals surface area contributed by atoms with E-state index in [9.17, 15) is 14.5 Å². The number of hydrogen-bond acceptors (Lipinski definition) is 4. The van der Waals surface area contributed by atoms with Gasteiger partial charge in [-0.1, -0.05) is 0 Å². The lowest BCUT2D eigenvalue weighted by Crippen LogP contribution is -1.96. The molecule has 1 aromatic carbocycles. The summed E-state index contributed by atoms with van der Waals surface area (Å²) in [5, 5.41) is 10.4. The lowest BCUT2D eigenvalue weighted by Gasteiger charge is -2.03. The van der Waals surface area contributed by atoms with Crippen molar-refractivity contribution < 1.29 is 18.5 Å². The van der Waals surface area contributed by atoms with Gasteiger partial charge in [0.1, 0.15) is 18.1 Å². The summed E-state index contributed by atoms with van der Waals surface area (Å²) in [6, 6.07) is 6.79. The van der Waals surface area contributed by atoms with E-state index in [4.69, 9.17) is 9.15 Å². The zero-order chi connectivity index (χ0) is 12.3. The number of ether oxygens (including phenoxy) is 1. The van der Waals surface area contributed by atoms with Gasteiger partial charge < -0.3 is 9.15 Å². The number of rotatable bonds is 4. The van der Waals surface area contributed by atoms with Gasteiger partial charge in [0.25, 0.3) is 0 Å². The highest BCUT2D eigenvalue weighted by Crippen LogP contribution is 2.22. The topological polar surface area (TPSA) is 65.5 Å². The van der Waals surface area contributed by atoms with Crippen LogP contribution in [0.15, 0.2) is 41.0 Å². The average molecular weight is 237 g/mol. The average Bonchev–Trinajstić information content (AvgIpc) is 2.78. The summed E-state index contributed by atoms with van der Waals surface area (Å²) in [7, 11) is 0. The van der Waals surface area contributed by atoms with Crippen LogP contribution in [0, 0.1) is 15.9 Å². The normalized spacial score (nSPS) is 10.2. The minimum absolute atomic E-state index is 0.143. The van der Waals surface area contributed by atoms with E-state index >= 15 is 0 Å². The molecule has 0 atom stereocenters. The van der Waals surface area contributed by atoms with Gasteiger partial charge in [-0.25, -0.2) is 0 Å². The van der Waals surface area contributed by atoms with Crippen LogP contribution in [0.5, 0.6) is 5.75 Å². The Bertz CT molecular complexity index is 524. The number of nitro groups is 1. The van der Waals surface area contributed by atoms with Crippen LogP contribution in [0.1, 0.15) is 5.76 Å². The summed E-state index contributed by atoms with van der Waals surface area (Å²) >= 11 is 0. The summed E-state index contributed by atoms with van der Waals surface area (Å²) in [5.74, 6) is -0.125. The molecule has 88 valence electrons. The first kappa shape index (κ1) is 11.1. The maximum Gasteiger partial charge on any atom is 0.305 e. The highest BCUT2D eigenvalue weighted by Gasteiger charge is 2.14. The molecular weight excluding hydrogens is 229 g/mol. The molecule has 2 rings (SSSR count). The molecule has 0 saturated heterocycles. The van der Waals surface area contributed by atoms with Crippen LogP contribution >= 0.6 is 0 Å². The molecule has 0 spiro atoms. The lowest BCUT2D eigenvalue weighted by atomic mass is 10.3. The quantitative estimate of drug-likeness (QED) is 0.605. The Balaban J connectivity index is 2.07. The van der Waals surface area contributed by atoms with Crippen molar-refractivity contribution >= 4 is 5.69 Å². The molecule has 0 aliphatic rings. The number of nitrogens with zero attached hydrogens (tertiary/aromatic N) is 1. The Morgan fingerprint density at radius 3 is 2.82 bits per heavy atom. The largest absolute Gasteiger partial charge is 0.486 e. The van der Waals surface area contributed by atoms with Gasteiger partial charge >= 0.3 is 5.69 Å². The van der Waals surface area contributed by atoms with Crippen LogP contribution in [0.4, 0.5) is 10.1 Å². The van der Waals surface area contributed by atoms with Crippen molar-refractivity contribution in [1.29, 1.82) is 0 Å². The van der Waals surface area contributed by atoms with E-state index in [1.54, 1.807) is 12.1 Å². The molecule has 6 heteroatoms. The number of halogens is 1. The summed E-state index contributed by atoms with van der Waals surface area (Å²) in [4.78, 5) is 9.60. The fourth-order valence-electron chi connectivity index (χ4n) is 1.27. The van der Waals surface area contributed by atoms with E-state index in [0.29, 0.717) is 5.76 Å². The number of nitro benzene ring substituents is 1. The fourth-order valence-corrected chi connectivity index (χ4v) is 1.27.